The number of benzene rings is 1. The van der Waals surface area contributed by atoms with Gasteiger partial charge in [0.05, 0.1) is 5.69 Å². The fraction of sp³-hybridized carbons (Fsp3) is 0.100. The van der Waals surface area contributed by atoms with Crippen LogP contribution >= 0.6 is 0 Å². The first-order chi connectivity index (χ1) is 12.1. The molecule has 0 radical (unpaired) electrons. The van der Waals surface area contributed by atoms with Gasteiger partial charge in [0.2, 0.25) is 0 Å². The zero-order valence-corrected chi connectivity index (χ0v) is 13.9. The largest absolute Gasteiger partial charge is 0.462 e. The van der Waals surface area contributed by atoms with Crippen molar-refractivity contribution in [1.29, 1.82) is 10.5 Å². The van der Waals surface area contributed by atoms with E-state index >= 15 is 0 Å². The third-order valence-corrected chi connectivity index (χ3v) is 3.72. The molecule has 25 heavy (non-hydrogen) atoms. The number of nitriles is 2. The smallest absolute Gasteiger partial charge is 0.200 e. The molecule has 0 saturated carbocycles. The predicted octanol–water partition coefficient (Wildman–Crippen LogP) is 4.07. The summed E-state index contributed by atoms with van der Waals surface area (Å²) in [6.07, 6.45) is 8.73. The molecule has 1 aromatic carbocycles. The lowest BCUT2D eigenvalue weighted by Crippen LogP contribution is -2.12. The molecule has 0 aliphatic carbocycles. The lowest BCUT2D eigenvalue weighted by molar-refractivity contribution is 0.317. The molecular formula is C20H15N3O2. The molecule has 122 valence electrons. The molecular weight excluding hydrogens is 314 g/mol. The second-order valence-electron chi connectivity index (χ2n) is 5.45. The molecule has 0 spiro atoms. The number of ether oxygens (including phenoxy) is 2. The fourth-order valence-electron chi connectivity index (χ4n) is 2.53. The van der Waals surface area contributed by atoms with Crippen LogP contribution in [0.3, 0.4) is 0 Å². The van der Waals surface area contributed by atoms with Gasteiger partial charge in [0, 0.05) is 12.6 Å². The Kier molecular flexibility index (Phi) is 4.41. The van der Waals surface area contributed by atoms with Gasteiger partial charge in [-0.15, -0.1) is 0 Å². The van der Waals surface area contributed by atoms with E-state index in [0.717, 1.165) is 11.4 Å². The Morgan fingerprint density at radius 1 is 1.12 bits per heavy atom. The van der Waals surface area contributed by atoms with Crippen molar-refractivity contribution < 1.29 is 9.47 Å². The van der Waals surface area contributed by atoms with Crippen LogP contribution in [0.4, 0.5) is 5.69 Å². The summed E-state index contributed by atoms with van der Waals surface area (Å²) in [6.45, 7) is 1.77. The third-order valence-electron chi connectivity index (χ3n) is 3.72. The Hall–Kier alpha value is -3.70. The number of para-hydroxylation sites is 2. The van der Waals surface area contributed by atoms with E-state index in [1.807, 2.05) is 54.4 Å². The highest BCUT2D eigenvalue weighted by Gasteiger charge is 2.21. The maximum atomic E-state index is 9.01. The Morgan fingerprint density at radius 2 is 1.88 bits per heavy atom. The van der Waals surface area contributed by atoms with E-state index in [2.05, 4.69) is 0 Å². The van der Waals surface area contributed by atoms with Crippen LogP contribution in [0.2, 0.25) is 0 Å². The van der Waals surface area contributed by atoms with Crippen LogP contribution < -0.4 is 9.64 Å². The molecule has 0 N–H and O–H groups in total. The molecule has 0 atom stereocenters. The van der Waals surface area contributed by atoms with Crippen molar-refractivity contribution in [1.82, 2.24) is 0 Å². The fourth-order valence-corrected chi connectivity index (χ4v) is 2.53. The Balaban J connectivity index is 1.81. The quantitative estimate of drug-likeness (QED) is 0.765. The van der Waals surface area contributed by atoms with Crippen molar-refractivity contribution >= 4 is 5.69 Å². The van der Waals surface area contributed by atoms with Gasteiger partial charge in [0.1, 0.15) is 29.2 Å². The summed E-state index contributed by atoms with van der Waals surface area (Å²) in [4.78, 5) is 1.95. The zero-order chi connectivity index (χ0) is 17.8. The number of allylic oxidation sites excluding steroid dienone is 8. The Morgan fingerprint density at radius 3 is 2.60 bits per heavy atom. The lowest BCUT2D eigenvalue weighted by atomic mass is 10.1. The first-order valence-electron chi connectivity index (χ1n) is 7.63. The lowest BCUT2D eigenvalue weighted by Gasteiger charge is -2.13. The Bertz CT molecular complexity index is 934. The summed E-state index contributed by atoms with van der Waals surface area (Å²) in [7, 11) is 1.93. The summed E-state index contributed by atoms with van der Waals surface area (Å²) in [5, 5.41) is 18.0. The standard InChI is InChI=1S/C20H15N3O2/c1-14-10-15(16(12-21)13-22)11-17(24-14)6-5-9-20-23(2)18-7-3-4-8-19(18)25-20/h3-11H,1-2H3/b6-5+,20-9+. The van der Waals surface area contributed by atoms with Crippen molar-refractivity contribution in [2.45, 2.75) is 6.92 Å². The molecule has 1 aromatic rings. The zero-order valence-electron chi connectivity index (χ0n) is 13.9. The highest BCUT2D eigenvalue weighted by atomic mass is 16.5. The van der Waals surface area contributed by atoms with Crippen LogP contribution in [0.15, 0.2) is 83.2 Å². The van der Waals surface area contributed by atoms with Crippen molar-refractivity contribution in [3.8, 4) is 17.9 Å². The summed E-state index contributed by atoms with van der Waals surface area (Å²) in [6, 6.07) is 11.6. The van der Waals surface area contributed by atoms with Gasteiger partial charge in [0.25, 0.3) is 0 Å². The number of rotatable bonds is 2. The number of fused-ring (bicyclic) bond motifs is 1. The maximum absolute atomic E-state index is 9.01. The van der Waals surface area contributed by atoms with Gasteiger partial charge in [-0.25, -0.2) is 0 Å². The van der Waals surface area contributed by atoms with Gasteiger partial charge in [-0.2, -0.15) is 10.5 Å². The van der Waals surface area contributed by atoms with Crippen molar-refractivity contribution in [2.24, 2.45) is 0 Å². The molecule has 0 saturated heterocycles. The molecule has 0 bridgehead atoms. The number of hydrogen-bond donors (Lipinski definition) is 0. The number of nitrogens with zero attached hydrogens (tertiary/aromatic N) is 3. The minimum Gasteiger partial charge on any atom is -0.462 e. The molecule has 0 unspecified atom stereocenters. The van der Waals surface area contributed by atoms with E-state index in [1.54, 1.807) is 31.2 Å². The van der Waals surface area contributed by atoms with Crippen molar-refractivity contribution in [3.63, 3.8) is 0 Å². The highest BCUT2D eigenvalue weighted by molar-refractivity contribution is 5.65. The third kappa shape index (κ3) is 3.31. The summed E-state index contributed by atoms with van der Waals surface area (Å²) < 4.78 is 11.4. The monoisotopic (exact) mass is 329 g/mol. The van der Waals surface area contributed by atoms with Crippen LogP contribution in [0, 0.1) is 22.7 Å². The van der Waals surface area contributed by atoms with E-state index in [9.17, 15) is 0 Å². The molecule has 0 amide bonds. The molecule has 2 aliphatic rings. The van der Waals surface area contributed by atoms with Crippen LogP contribution in [-0.4, -0.2) is 7.05 Å². The second-order valence-corrected chi connectivity index (χ2v) is 5.45. The number of hydrogen-bond acceptors (Lipinski definition) is 5. The number of anilines is 1. The average molecular weight is 329 g/mol. The van der Waals surface area contributed by atoms with E-state index in [0.29, 0.717) is 23.0 Å². The minimum atomic E-state index is 0.0567. The van der Waals surface area contributed by atoms with E-state index in [-0.39, 0.29) is 5.57 Å². The van der Waals surface area contributed by atoms with Crippen molar-refractivity contribution in [2.75, 3.05) is 11.9 Å². The van der Waals surface area contributed by atoms with Gasteiger partial charge >= 0.3 is 0 Å². The first-order valence-corrected chi connectivity index (χ1v) is 7.63. The van der Waals surface area contributed by atoms with E-state index in [1.165, 1.54) is 0 Å². The predicted molar refractivity (Wildman–Crippen MR) is 93.9 cm³/mol. The van der Waals surface area contributed by atoms with E-state index < -0.39 is 0 Å². The topological polar surface area (TPSA) is 69.3 Å². The SMILES string of the molecule is CC1=CC(=C(C#N)C#N)C=C(/C=C/C=C2/Oc3ccccc3N2C)O1. The van der Waals surface area contributed by atoms with Gasteiger partial charge in [0.15, 0.2) is 11.6 Å². The molecule has 3 rings (SSSR count). The van der Waals surface area contributed by atoms with E-state index in [4.69, 9.17) is 20.0 Å². The maximum Gasteiger partial charge on any atom is 0.200 e. The van der Waals surface area contributed by atoms with Crippen LogP contribution in [0.5, 0.6) is 5.75 Å². The minimum absolute atomic E-state index is 0.0567. The summed E-state index contributed by atoms with van der Waals surface area (Å²) in [5.41, 5.74) is 1.61. The van der Waals surface area contributed by atoms with Crippen LogP contribution in [0.25, 0.3) is 0 Å². The first kappa shape index (κ1) is 16.2. The highest BCUT2D eigenvalue weighted by Crippen LogP contribution is 2.37. The molecule has 0 aromatic heterocycles. The molecule has 5 nitrogen and oxygen atoms in total. The van der Waals surface area contributed by atoms with Crippen LogP contribution in [0.1, 0.15) is 6.92 Å². The van der Waals surface area contributed by atoms with Gasteiger partial charge in [-0.05, 0) is 43.4 Å². The molecule has 2 aliphatic heterocycles. The van der Waals surface area contributed by atoms with Gasteiger partial charge in [-0.1, -0.05) is 18.2 Å². The Labute approximate surface area is 146 Å². The molecule has 0 fully saturated rings. The normalized spacial score (nSPS) is 17.2. The summed E-state index contributed by atoms with van der Waals surface area (Å²) >= 11 is 0. The molecule has 2 heterocycles. The second kappa shape index (κ2) is 6.82. The molecule has 5 heteroatoms. The van der Waals surface area contributed by atoms with Crippen molar-refractivity contribution in [3.05, 3.63) is 83.2 Å². The van der Waals surface area contributed by atoms with Gasteiger partial charge in [-0.3, -0.25) is 0 Å². The van der Waals surface area contributed by atoms with Gasteiger partial charge < -0.3 is 14.4 Å². The van der Waals surface area contributed by atoms with Crippen LogP contribution in [-0.2, 0) is 4.74 Å². The average Bonchev–Trinajstić information content (AvgIpc) is 2.92. The summed E-state index contributed by atoms with van der Waals surface area (Å²) in [5.74, 6) is 2.68.